The van der Waals surface area contributed by atoms with Gasteiger partial charge in [0.15, 0.2) is 0 Å². The predicted octanol–water partition coefficient (Wildman–Crippen LogP) is 1.20. The Bertz CT molecular complexity index is 600. The van der Waals surface area contributed by atoms with Crippen LogP contribution in [0.3, 0.4) is 0 Å². The molecule has 2 heterocycles. The normalized spacial score (nSPS) is 24.3. The number of amides is 2. The molecule has 2 fully saturated rings. The van der Waals surface area contributed by atoms with Gasteiger partial charge in [0.2, 0.25) is 21.8 Å². The summed E-state index contributed by atoms with van der Waals surface area (Å²) in [6.07, 6.45) is 5.99. The molecular formula is C18H33N3O4S. The molecule has 0 radical (unpaired) electrons. The Hall–Kier alpha value is -1.15. The fourth-order valence-electron chi connectivity index (χ4n) is 3.95. The van der Waals surface area contributed by atoms with Crippen molar-refractivity contribution in [1.29, 1.82) is 0 Å². The van der Waals surface area contributed by atoms with E-state index in [9.17, 15) is 18.0 Å². The number of nitrogens with zero attached hydrogens (tertiary/aromatic N) is 2. The Kier molecular flexibility index (Phi) is 7.46. The molecule has 0 spiro atoms. The first-order valence-electron chi connectivity index (χ1n) is 9.76. The molecule has 0 aliphatic carbocycles. The van der Waals surface area contributed by atoms with Gasteiger partial charge >= 0.3 is 0 Å². The molecule has 2 aliphatic rings. The van der Waals surface area contributed by atoms with Gasteiger partial charge in [-0.05, 0) is 39.0 Å². The minimum atomic E-state index is -3.18. The number of nitrogens with one attached hydrogen (secondary N) is 1. The summed E-state index contributed by atoms with van der Waals surface area (Å²) in [5.74, 6) is -0.135. The smallest absolute Gasteiger partial charge is 0.225 e. The Morgan fingerprint density at radius 2 is 1.77 bits per heavy atom. The van der Waals surface area contributed by atoms with Crippen molar-refractivity contribution in [1.82, 2.24) is 14.5 Å². The molecule has 0 aromatic heterocycles. The molecule has 0 saturated carbocycles. The number of likely N-dealkylation sites (tertiary alicyclic amines) is 1. The van der Waals surface area contributed by atoms with E-state index in [2.05, 4.69) is 12.2 Å². The van der Waals surface area contributed by atoms with Crippen molar-refractivity contribution in [2.75, 3.05) is 32.4 Å². The maximum atomic E-state index is 12.8. The molecule has 150 valence electrons. The molecule has 0 bridgehead atoms. The van der Waals surface area contributed by atoms with Gasteiger partial charge in [0.25, 0.3) is 0 Å². The number of carbonyl (C=O) groups is 2. The van der Waals surface area contributed by atoms with Crippen molar-refractivity contribution in [3.63, 3.8) is 0 Å². The Balaban J connectivity index is 1.87. The second-order valence-corrected chi connectivity index (χ2v) is 9.74. The zero-order valence-corrected chi connectivity index (χ0v) is 17.1. The summed E-state index contributed by atoms with van der Waals surface area (Å²) in [7, 11) is -3.18. The van der Waals surface area contributed by atoms with Crippen LogP contribution in [0.1, 0.15) is 52.4 Å². The summed E-state index contributed by atoms with van der Waals surface area (Å²) < 4.78 is 24.6. The molecule has 0 unspecified atom stereocenters. The highest BCUT2D eigenvalue weighted by atomic mass is 32.2. The molecule has 2 saturated heterocycles. The van der Waals surface area contributed by atoms with Crippen LogP contribution in [0.2, 0.25) is 0 Å². The van der Waals surface area contributed by atoms with E-state index in [4.69, 9.17) is 0 Å². The van der Waals surface area contributed by atoms with E-state index in [0.717, 1.165) is 25.7 Å². The quantitative estimate of drug-likeness (QED) is 0.742. The largest absolute Gasteiger partial charge is 0.353 e. The van der Waals surface area contributed by atoms with Gasteiger partial charge in [0, 0.05) is 38.1 Å². The van der Waals surface area contributed by atoms with Crippen molar-refractivity contribution in [3.8, 4) is 0 Å². The summed E-state index contributed by atoms with van der Waals surface area (Å²) in [5, 5.41) is 3.06. The minimum Gasteiger partial charge on any atom is -0.353 e. The molecule has 2 amide bonds. The first-order chi connectivity index (χ1) is 12.2. The summed E-state index contributed by atoms with van der Waals surface area (Å²) in [6.45, 7) is 6.10. The molecule has 7 nitrogen and oxygen atoms in total. The fourth-order valence-corrected chi connectivity index (χ4v) is 4.82. The van der Waals surface area contributed by atoms with Crippen LogP contribution in [0, 0.1) is 11.8 Å². The first-order valence-corrected chi connectivity index (χ1v) is 11.6. The summed E-state index contributed by atoms with van der Waals surface area (Å²) in [6, 6.07) is 0.166. The summed E-state index contributed by atoms with van der Waals surface area (Å²) in [5.41, 5.74) is 0. The maximum absolute atomic E-state index is 12.8. The fraction of sp³-hybridized carbons (Fsp3) is 0.889. The number of rotatable bonds is 6. The molecule has 0 aromatic rings. The van der Waals surface area contributed by atoms with E-state index in [0.29, 0.717) is 39.0 Å². The average molecular weight is 388 g/mol. The van der Waals surface area contributed by atoms with E-state index in [-0.39, 0.29) is 29.7 Å². The number of hydrogen-bond donors (Lipinski definition) is 1. The van der Waals surface area contributed by atoms with Crippen molar-refractivity contribution >= 4 is 21.8 Å². The van der Waals surface area contributed by atoms with Crippen LogP contribution >= 0.6 is 0 Å². The molecule has 2 rings (SSSR count). The molecule has 8 heteroatoms. The lowest BCUT2D eigenvalue weighted by Crippen LogP contribution is -2.50. The van der Waals surface area contributed by atoms with Crippen molar-refractivity contribution in [3.05, 3.63) is 0 Å². The molecule has 0 aromatic carbocycles. The van der Waals surface area contributed by atoms with Gasteiger partial charge in [-0.25, -0.2) is 12.7 Å². The van der Waals surface area contributed by atoms with Gasteiger partial charge < -0.3 is 10.2 Å². The number of piperidine rings is 2. The van der Waals surface area contributed by atoms with Crippen molar-refractivity contribution < 1.29 is 18.0 Å². The van der Waals surface area contributed by atoms with E-state index in [1.165, 1.54) is 10.6 Å². The number of hydrogen-bond acceptors (Lipinski definition) is 4. The Morgan fingerprint density at radius 1 is 1.12 bits per heavy atom. The van der Waals surface area contributed by atoms with Gasteiger partial charge in [-0.1, -0.05) is 13.3 Å². The van der Waals surface area contributed by atoms with Crippen LogP contribution in [0.25, 0.3) is 0 Å². The second-order valence-electron chi connectivity index (χ2n) is 7.76. The minimum absolute atomic E-state index is 0.0512. The zero-order valence-electron chi connectivity index (χ0n) is 16.2. The van der Waals surface area contributed by atoms with Gasteiger partial charge in [-0.2, -0.15) is 0 Å². The third kappa shape index (κ3) is 5.67. The molecule has 26 heavy (non-hydrogen) atoms. The summed E-state index contributed by atoms with van der Waals surface area (Å²) >= 11 is 0. The van der Waals surface area contributed by atoms with Gasteiger partial charge in [-0.3, -0.25) is 9.59 Å². The van der Waals surface area contributed by atoms with Crippen molar-refractivity contribution in [2.24, 2.45) is 11.8 Å². The van der Waals surface area contributed by atoms with Crippen LogP contribution in [-0.2, 0) is 19.6 Å². The van der Waals surface area contributed by atoms with Gasteiger partial charge in [0.1, 0.15) is 0 Å². The highest BCUT2D eigenvalue weighted by Gasteiger charge is 2.35. The zero-order chi connectivity index (χ0) is 19.3. The SMILES string of the molecule is CCC[C@@H](C)NC(=O)[C@@H]1CCCN(C(=O)C2CCN(S(C)(=O)=O)CC2)C1. The van der Waals surface area contributed by atoms with Gasteiger partial charge in [-0.15, -0.1) is 0 Å². The average Bonchev–Trinajstić information content (AvgIpc) is 2.60. The lowest BCUT2D eigenvalue weighted by atomic mass is 9.92. The van der Waals surface area contributed by atoms with Crippen molar-refractivity contribution in [2.45, 2.75) is 58.4 Å². The van der Waals surface area contributed by atoms with Crippen LogP contribution in [0.4, 0.5) is 0 Å². The van der Waals surface area contributed by atoms with Crippen LogP contribution in [0.5, 0.6) is 0 Å². The van der Waals surface area contributed by atoms with Gasteiger partial charge in [0.05, 0.1) is 12.2 Å². The molecule has 1 N–H and O–H groups in total. The van der Waals surface area contributed by atoms with Crippen LogP contribution < -0.4 is 5.32 Å². The number of sulfonamides is 1. The topological polar surface area (TPSA) is 86.8 Å². The van der Waals surface area contributed by atoms with Crippen LogP contribution in [0.15, 0.2) is 0 Å². The Labute approximate surface area is 157 Å². The highest BCUT2D eigenvalue weighted by molar-refractivity contribution is 7.88. The highest BCUT2D eigenvalue weighted by Crippen LogP contribution is 2.25. The third-order valence-corrected chi connectivity index (χ3v) is 6.79. The maximum Gasteiger partial charge on any atom is 0.225 e. The van der Waals surface area contributed by atoms with E-state index >= 15 is 0 Å². The van der Waals surface area contributed by atoms with E-state index in [1.54, 1.807) is 0 Å². The second kappa shape index (κ2) is 9.17. The van der Waals surface area contributed by atoms with E-state index < -0.39 is 10.0 Å². The third-order valence-electron chi connectivity index (χ3n) is 5.49. The number of carbonyl (C=O) groups excluding carboxylic acids is 2. The lowest BCUT2D eigenvalue weighted by molar-refractivity contribution is -0.140. The predicted molar refractivity (Wildman–Crippen MR) is 101 cm³/mol. The monoisotopic (exact) mass is 387 g/mol. The van der Waals surface area contributed by atoms with E-state index in [1.807, 2.05) is 11.8 Å². The molecule has 2 atom stereocenters. The Morgan fingerprint density at radius 3 is 2.35 bits per heavy atom. The summed E-state index contributed by atoms with van der Waals surface area (Å²) in [4.78, 5) is 27.1. The lowest BCUT2D eigenvalue weighted by Gasteiger charge is -2.37. The molecular weight excluding hydrogens is 354 g/mol. The molecule has 2 aliphatic heterocycles. The standard InChI is InChI=1S/C18H33N3O4S/c1-4-6-14(2)19-17(22)16-7-5-10-20(13-16)18(23)15-8-11-21(12-9-15)26(3,24)25/h14-16H,4-13H2,1-3H3,(H,19,22)/t14-,16-/m1/s1. The first kappa shape index (κ1) is 21.2. The van der Waals surface area contributed by atoms with Crippen LogP contribution in [-0.4, -0.2) is 67.9 Å².